The summed E-state index contributed by atoms with van der Waals surface area (Å²) >= 11 is 0. The summed E-state index contributed by atoms with van der Waals surface area (Å²) in [4.78, 5) is 13.9. The van der Waals surface area contributed by atoms with Crippen LogP contribution in [0.3, 0.4) is 0 Å². The van der Waals surface area contributed by atoms with Crippen molar-refractivity contribution in [3.8, 4) is 0 Å². The van der Waals surface area contributed by atoms with Crippen LogP contribution in [-0.2, 0) is 16.8 Å². The van der Waals surface area contributed by atoms with Crippen LogP contribution in [0.25, 0.3) is 0 Å². The molecule has 1 aliphatic heterocycles. The number of aliphatic hydroxyl groups is 1. The number of piperidine rings is 1. The smallest absolute Gasteiger partial charge is 0.223 e. The second-order valence-electron chi connectivity index (χ2n) is 6.02. The number of amides is 1. The summed E-state index contributed by atoms with van der Waals surface area (Å²) < 4.78 is 26.8. The number of nitrogens with zero attached hydrogens (tertiary/aromatic N) is 3. The molecule has 0 saturated carbocycles. The summed E-state index contributed by atoms with van der Waals surface area (Å²) in [5.41, 5.74) is -0.659. The van der Waals surface area contributed by atoms with E-state index < -0.39 is 17.2 Å². The number of β-amino-alcohol motifs (C(OH)–C–C–N with tert-alkyl or cyclic N) is 1. The normalized spacial score (nSPS) is 21.0. The molecule has 1 aromatic heterocycles. The molecule has 2 N–H and O–H groups in total. The lowest BCUT2D eigenvalue weighted by Gasteiger charge is -2.38. The van der Waals surface area contributed by atoms with Gasteiger partial charge in [-0.3, -0.25) is 4.79 Å². The number of hydrogen-bond donors (Lipinski definition) is 2. The van der Waals surface area contributed by atoms with Gasteiger partial charge in [0.05, 0.1) is 12.7 Å². The third-order valence-electron chi connectivity index (χ3n) is 4.36. The first-order valence-corrected chi connectivity index (χ1v) is 7.79. The quantitative estimate of drug-likeness (QED) is 0.887. The molecule has 1 aliphatic rings. The highest BCUT2D eigenvalue weighted by atomic mass is 19.2. The van der Waals surface area contributed by atoms with Gasteiger partial charge in [0.2, 0.25) is 5.91 Å². The highest BCUT2D eigenvalue weighted by Gasteiger charge is 2.38. The molecule has 2 heterocycles. The number of rotatable bonds is 4. The van der Waals surface area contributed by atoms with Crippen LogP contribution in [0.2, 0.25) is 0 Å². The Morgan fingerprint density at radius 2 is 2.25 bits per heavy atom. The van der Waals surface area contributed by atoms with E-state index in [-0.39, 0.29) is 30.9 Å². The molecule has 1 amide bonds. The number of benzene rings is 1. The average molecular weight is 336 g/mol. The molecule has 8 heteroatoms. The van der Waals surface area contributed by atoms with E-state index in [2.05, 4.69) is 15.4 Å². The minimum atomic E-state index is -1.23. The van der Waals surface area contributed by atoms with Crippen LogP contribution in [0, 0.1) is 11.6 Å². The van der Waals surface area contributed by atoms with Gasteiger partial charge in [-0.15, -0.1) is 0 Å². The molecule has 0 unspecified atom stereocenters. The van der Waals surface area contributed by atoms with Gasteiger partial charge in [0.1, 0.15) is 11.3 Å². The van der Waals surface area contributed by atoms with E-state index in [1.165, 1.54) is 23.2 Å². The zero-order chi connectivity index (χ0) is 17.2. The number of aromatic amines is 1. The number of carbonyl (C=O) groups is 1. The molecule has 0 radical (unpaired) electrons. The topological polar surface area (TPSA) is 82.1 Å². The minimum Gasteiger partial charge on any atom is -0.382 e. The number of nitrogens with one attached hydrogen (secondary N) is 1. The third-order valence-corrected chi connectivity index (χ3v) is 4.36. The summed E-state index contributed by atoms with van der Waals surface area (Å²) in [5.74, 6) is -2.04. The lowest BCUT2D eigenvalue weighted by Crippen LogP contribution is -2.48. The Morgan fingerprint density at radius 3 is 3.00 bits per heavy atom. The summed E-state index contributed by atoms with van der Waals surface area (Å²) in [6.45, 7) is 0.634. The number of aromatic nitrogens is 3. The number of H-pyrrole nitrogens is 1. The summed E-state index contributed by atoms with van der Waals surface area (Å²) in [6.07, 6.45) is 2.72. The van der Waals surface area contributed by atoms with E-state index >= 15 is 0 Å². The van der Waals surface area contributed by atoms with Crippen LogP contribution < -0.4 is 0 Å². The van der Waals surface area contributed by atoms with E-state index in [4.69, 9.17) is 0 Å². The zero-order valence-electron chi connectivity index (χ0n) is 13.0. The minimum absolute atomic E-state index is 0.0509. The molecule has 0 aliphatic carbocycles. The van der Waals surface area contributed by atoms with Gasteiger partial charge in [-0.25, -0.2) is 8.78 Å². The van der Waals surface area contributed by atoms with Crippen molar-refractivity contribution in [1.29, 1.82) is 0 Å². The van der Waals surface area contributed by atoms with Crippen molar-refractivity contribution in [3.05, 3.63) is 47.3 Å². The van der Waals surface area contributed by atoms with Gasteiger partial charge in [0, 0.05) is 13.0 Å². The molecule has 0 bridgehead atoms. The van der Waals surface area contributed by atoms with Crippen molar-refractivity contribution in [1.82, 2.24) is 20.3 Å². The maximum absolute atomic E-state index is 13.6. The number of likely N-dealkylation sites (tertiary alicyclic amines) is 1. The van der Waals surface area contributed by atoms with Gasteiger partial charge in [-0.2, -0.15) is 15.4 Å². The van der Waals surface area contributed by atoms with E-state index in [0.717, 1.165) is 6.07 Å². The van der Waals surface area contributed by atoms with Crippen molar-refractivity contribution in [2.45, 2.75) is 31.3 Å². The molecule has 3 rings (SSSR count). The molecular formula is C16H18F2N4O2. The SMILES string of the molecule is O=C(CCc1cccc(F)c1F)N1CCC[C@@](O)(c2cn[nH]n2)C1. The molecule has 1 fully saturated rings. The molecule has 1 aromatic carbocycles. The maximum Gasteiger partial charge on any atom is 0.223 e. The monoisotopic (exact) mass is 336 g/mol. The molecule has 128 valence electrons. The molecule has 1 saturated heterocycles. The Morgan fingerprint density at radius 1 is 1.42 bits per heavy atom. The first kappa shape index (κ1) is 16.5. The Balaban J connectivity index is 1.64. The van der Waals surface area contributed by atoms with Gasteiger partial charge in [0.25, 0.3) is 0 Å². The Labute approximate surface area is 137 Å². The van der Waals surface area contributed by atoms with Crippen LogP contribution >= 0.6 is 0 Å². The van der Waals surface area contributed by atoms with E-state index in [1.54, 1.807) is 0 Å². The standard InChI is InChI=1S/C16H18F2N4O2/c17-12-4-1-3-11(15(12)18)5-6-14(23)22-8-2-7-16(24,10-22)13-9-19-21-20-13/h1,3-4,9,24H,2,5-8,10H2,(H,19,20,21)/t16-/m0/s1. The Kier molecular flexibility index (Phi) is 4.57. The first-order valence-electron chi connectivity index (χ1n) is 7.79. The zero-order valence-corrected chi connectivity index (χ0v) is 13.0. The first-order chi connectivity index (χ1) is 11.5. The van der Waals surface area contributed by atoms with Crippen LogP contribution in [0.5, 0.6) is 0 Å². The average Bonchev–Trinajstić information content (AvgIpc) is 3.11. The fourth-order valence-corrected chi connectivity index (χ4v) is 3.03. The van der Waals surface area contributed by atoms with E-state index in [0.29, 0.717) is 25.1 Å². The van der Waals surface area contributed by atoms with Crippen molar-refractivity contribution >= 4 is 5.91 Å². The molecule has 24 heavy (non-hydrogen) atoms. The largest absolute Gasteiger partial charge is 0.382 e. The second-order valence-corrected chi connectivity index (χ2v) is 6.02. The number of aryl methyl sites for hydroxylation is 1. The van der Waals surface area contributed by atoms with E-state index in [1.807, 2.05) is 0 Å². The lowest BCUT2D eigenvalue weighted by atomic mass is 9.90. The van der Waals surface area contributed by atoms with E-state index in [9.17, 15) is 18.7 Å². The van der Waals surface area contributed by atoms with Gasteiger partial charge >= 0.3 is 0 Å². The molecular weight excluding hydrogens is 318 g/mol. The van der Waals surface area contributed by atoms with Gasteiger partial charge in [-0.1, -0.05) is 12.1 Å². The predicted molar refractivity (Wildman–Crippen MR) is 80.8 cm³/mol. The summed E-state index contributed by atoms with van der Waals surface area (Å²) in [7, 11) is 0. The lowest BCUT2D eigenvalue weighted by molar-refractivity contribution is -0.139. The van der Waals surface area contributed by atoms with Crippen LogP contribution in [0.1, 0.15) is 30.5 Å². The molecule has 0 spiro atoms. The molecule has 1 atom stereocenters. The fourth-order valence-electron chi connectivity index (χ4n) is 3.03. The number of carbonyl (C=O) groups excluding carboxylic acids is 1. The predicted octanol–water partition coefficient (Wildman–Crippen LogP) is 1.53. The molecule has 2 aromatic rings. The van der Waals surface area contributed by atoms with Gasteiger partial charge in [0.15, 0.2) is 11.6 Å². The number of halogens is 2. The fraction of sp³-hybridized carbons (Fsp3) is 0.438. The van der Waals surface area contributed by atoms with Gasteiger partial charge in [-0.05, 0) is 30.9 Å². The van der Waals surface area contributed by atoms with Gasteiger partial charge < -0.3 is 10.0 Å². The van der Waals surface area contributed by atoms with Crippen LogP contribution in [-0.4, -0.2) is 44.4 Å². The van der Waals surface area contributed by atoms with Crippen molar-refractivity contribution < 1.29 is 18.7 Å². The highest BCUT2D eigenvalue weighted by molar-refractivity contribution is 5.76. The summed E-state index contributed by atoms with van der Waals surface area (Å²) in [6, 6.07) is 3.93. The Bertz CT molecular complexity index is 723. The third kappa shape index (κ3) is 3.28. The van der Waals surface area contributed by atoms with Crippen LogP contribution in [0.15, 0.2) is 24.4 Å². The summed E-state index contributed by atoms with van der Waals surface area (Å²) in [5, 5.41) is 20.7. The Hall–Kier alpha value is -2.35. The van der Waals surface area contributed by atoms with Crippen molar-refractivity contribution in [2.24, 2.45) is 0 Å². The van der Waals surface area contributed by atoms with Crippen LogP contribution in [0.4, 0.5) is 8.78 Å². The highest BCUT2D eigenvalue weighted by Crippen LogP contribution is 2.30. The van der Waals surface area contributed by atoms with Crippen molar-refractivity contribution in [3.63, 3.8) is 0 Å². The second kappa shape index (κ2) is 6.64. The number of hydrogen-bond acceptors (Lipinski definition) is 4. The van der Waals surface area contributed by atoms with Crippen molar-refractivity contribution in [2.75, 3.05) is 13.1 Å². The molecule has 6 nitrogen and oxygen atoms in total. The maximum atomic E-state index is 13.6.